The molecule has 2 aliphatic rings. The first-order chi connectivity index (χ1) is 9.63. The topological polar surface area (TPSA) is 88.7 Å². The summed E-state index contributed by atoms with van der Waals surface area (Å²) in [5.41, 5.74) is 6.80. The molecule has 20 heavy (non-hydrogen) atoms. The Hall–Kier alpha value is -1.98. The summed E-state index contributed by atoms with van der Waals surface area (Å²) in [7, 11) is 0. The lowest BCUT2D eigenvalue weighted by molar-refractivity contribution is 0.131. The number of nitrogens with zero attached hydrogens (tertiary/aromatic N) is 2. The Balaban J connectivity index is 1.74. The SMILES string of the molecule is Nc1cc(OC2CC2)c(C2CCN(C(=O)O)CC2)cn1. The lowest BCUT2D eigenvalue weighted by Gasteiger charge is -2.30. The van der Waals surface area contributed by atoms with Crippen molar-refractivity contribution in [3.05, 3.63) is 17.8 Å². The second-order valence-corrected chi connectivity index (χ2v) is 5.51. The van der Waals surface area contributed by atoms with Crippen LogP contribution < -0.4 is 10.5 Å². The number of amides is 1. The zero-order valence-corrected chi connectivity index (χ0v) is 11.3. The van der Waals surface area contributed by atoms with E-state index in [1.54, 1.807) is 12.3 Å². The molecule has 108 valence electrons. The normalized spacial score (nSPS) is 19.9. The molecule has 6 nitrogen and oxygen atoms in total. The van der Waals surface area contributed by atoms with E-state index in [1.165, 1.54) is 4.90 Å². The van der Waals surface area contributed by atoms with Crippen molar-refractivity contribution in [1.82, 2.24) is 9.88 Å². The monoisotopic (exact) mass is 277 g/mol. The van der Waals surface area contributed by atoms with Crippen LogP contribution in [0.15, 0.2) is 12.3 Å². The summed E-state index contributed by atoms with van der Waals surface area (Å²) in [5, 5.41) is 8.99. The van der Waals surface area contributed by atoms with Crippen LogP contribution in [0.4, 0.5) is 10.6 Å². The highest BCUT2D eigenvalue weighted by atomic mass is 16.5. The molecule has 1 aromatic heterocycles. The van der Waals surface area contributed by atoms with Crippen molar-refractivity contribution in [1.29, 1.82) is 0 Å². The van der Waals surface area contributed by atoms with Gasteiger partial charge < -0.3 is 20.5 Å². The van der Waals surface area contributed by atoms with Crippen LogP contribution in [0.3, 0.4) is 0 Å². The van der Waals surface area contributed by atoms with E-state index in [4.69, 9.17) is 15.6 Å². The van der Waals surface area contributed by atoms with Gasteiger partial charge in [-0.05, 0) is 31.6 Å². The number of piperidine rings is 1. The Bertz CT molecular complexity index is 508. The highest BCUT2D eigenvalue weighted by Crippen LogP contribution is 2.37. The first-order valence-electron chi connectivity index (χ1n) is 7.03. The highest BCUT2D eigenvalue weighted by molar-refractivity contribution is 5.65. The average Bonchev–Trinajstić information content (AvgIpc) is 3.23. The molecule has 3 N–H and O–H groups in total. The fourth-order valence-electron chi connectivity index (χ4n) is 2.62. The number of ether oxygens (including phenoxy) is 1. The number of pyridine rings is 1. The maximum absolute atomic E-state index is 10.9. The van der Waals surface area contributed by atoms with Gasteiger partial charge in [-0.15, -0.1) is 0 Å². The molecule has 1 saturated carbocycles. The van der Waals surface area contributed by atoms with Crippen LogP contribution in [0, 0.1) is 0 Å². The molecule has 3 rings (SSSR count). The van der Waals surface area contributed by atoms with Crippen molar-refractivity contribution in [2.75, 3.05) is 18.8 Å². The van der Waals surface area contributed by atoms with Gasteiger partial charge in [0.1, 0.15) is 11.6 Å². The Labute approximate surface area is 117 Å². The number of carboxylic acid groups (broad SMARTS) is 1. The molecule has 1 aromatic rings. The first-order valence-corrected chi connectivity index (χ1v) is 7.03. The van der Waals surface area contributed by atoms with Gasteiger partial charge in [0.2, 0.25) is 0 Å². The van der Waals surface area contributed by atoms with Gasteiger partial charge in [-0.25, -0.2) is 9.78 Å². The Morgan fingerprint density at radius 2 is 2.05 bits per heavy atom. The van der Waals surface area contributed by atoms with E-state index in [0.29, 0.717) is 30.9 Å². The third kappa shape index (κ3) is 2.79. The molecular weight excluding hydrogens is 258 g/mol. The molecule has 1 aliphatic carbocycles. The minimum atomic E-state index is -0.840. The van der Waals surface area contributed by atoms with Gasteiger partial charge in [0.15, 0.2) is 0 Å². The molecule has 6 heteroatoms. The fourth-order valence-corrected chi connectivity index (χ4v) is 2.62. The van der Waals surface area contributed by atoms with Crippen LogP contribution in [0.5, 0.6) is 5.75 Å². The summed E-state index contributed by atoms with van der Waals surface area (Å²) in [6, 6.07) is 1.79. The Kier molecular flexibility index (Phi) is 3.38. The maximum Gasteiger partial charge on any atom is 0.407 e. The number of nitrogen functional groups attached to an aromatic ring is 1. The summed E-state index contributed by atoms with van der Waals surface area (Å²) in [6.07, 6.45) is 5.06. The van der Waals surface area contributed by atoms with Gasteiger partial charge in [-0.2, -0.15) is 0 Å². The molecule has 2 fully saturated rings. The first kappa shape index (κ1) is 13.0. The highest BCUT2D eigenvalue weighted by Gasteiger charge is 2.29. The van der Waals surface area contributed by atoms with Crippen molar-refractivity contribution in [2.45, 2.75) is 37.7 Å². The Morgan fingerprint density at radius 3 is 2.65 bits per heavy atom. The largest absolute Gasteiger partial charge is 0.490 e. The van der Waals surface area contributed by atoms with Gasteiger partial charge in [-0.1, -0.05) is 0 Å². The summed E-state index contributed by atoms with van der Waals surface area (Å²) in [4.78, 5) is 16.6. The van der Waals surface area contributed by atoms with Gasteiger partial charge in [0, 0.05) is 30.9 Å². The fraction of sp³-hybridized carbons (Fsp3) is 0.571. The average molecular weight is 277 g/mol. The van der Waals surface area contributed by atoms with E-state index in [2.05, 4.69) is 4.98 Å². The van der Waals surface area contributed by atoms with Crippen molar-refractivity contribution >= 4 is 11.9 Å². The van der Waals surface area contributed by atoms with Crippen LogP contribution in [0.25, 0.3) is 0 Å². The molecule has 0 radical (unpaired) electrons. The van der Waals surface area contributed by atoms with Gasteiger partial charge in [-0.3, -0.25) is 0 Å². The summed E-state index contributed by atoms with van der Waals surface area (Å²) >= 11 is 0. The van der Waals surface area contributed by atoms with Crippen molar-refractivity contribution in [3.63, 3.8) is 0 Å². The van der Waals surface area contributed by atoms with Crippen molar-refractivity contribution in [2.24, 2.45) is 0 Å². The third-order valence-corrected chi connectivity index (χ3v) is 3.94. The summed E-state index contributed by atoms with van der Waals surface area (Å²) < 4.78 is 5.91. The van der Waals surface area contributed by atoms with Gasteiger partial charge >= 0.3 is 6.09 Å². The molecule has 1 saturated heterocycles. The molecule has 0 aromatic carbocycles. The molecule has 0 spiro atoms. The number of carbonyl (C=O) groups is 1. The zero-order valence-electron chi connectivity index (χ0n) is 11.3. The molecule has 1 aliphatic heterocycles. The van der Waals surface area contributed by atoms with Crippen molar-refractivity contribution in [3.8, 4) is 5.75 Å². The summed E-state index contributed by atoms with van der Waals surface area (Å²) in [6.45, 7) is 1.13. The minimum absolute atomic E-state index is 0.299. The predicted molar refractivity (Wildman–Crippen MR) is 73.9 cm³/mol. The molecule has 0 atom stereocenters. The molecule has 0 bridgehead atoms. The smallest absolute Gasteiger partial charge is 0.407 e. The van der Waals surface area contributed by atoms with E-state index in [9.17, 15) is 4.79 Å². The number of aromatic nitrogens is 1. The van der Waals surface area contributed by atoms with E-state index in [1.807, 2.05) is 0 Å². The number of likely N-dealkylation sites (tertiary alicyclic amines) is 1. The van der Waals surface area contributed by atoms with Crippen molar-refractivity contribution < 1.29 is 14.6 Å². The van der Waals surface area contributed by atoms with E-state index in [-0.39, 0.29) is 0 Å². The van der Waals surface area contributed by atoms with Crippen LogP contribution in [-0.2, 0) is 0 Å². The number of rotatable bonds is 3. The van der Waals surface area contributed by atoms with Crippen LogP contribution in [0.1, 0.15) is 37.2 Å². The summed E-state index contributed by atoms with van der Waals surface area (Å²) in [5.74, 6) is 1.59. The quantitative estimate of drug-likeness (QED) is 0.882. The van der Waals surface area contributed by atoms with Crippen LogP contribution >= 0.6 is 0 Å². The molecule has 2 heterocycles. The van der Waals surface area contributed by atoms with Crippen LogP contribution in [0.2, 0.25) is 0 Å². The zero-order chi connectivity index (χ0) is 14.1. The maximum atomic E-state index is 10.9. The standard InChI is InChI=1S/C14H19N3O3/c15-13-7-12(20-10-1-2-10)11(8-16-13)9-3-5-17(6-4-9)14(18)19/h7-10H,1-6H2,(H2,15,16)(H,18,19). The number of nitrogens with two attached hydrogens (primary N) is 1. The number of hydrogen-bond donors (Lipinski definition) is 2. The second kappa shape index (κ2) is 5.19. The second-order valence-electron chi connectivity index (χ2n) is 5.51. The molecule has 1 amide bonds. The molecule has 0 unspecified atom stereocenters. The van der Waals surface area contributed by atoms with E-state index >= 15 is 0 Å². The van der Waals surface area contributed by atoms with E-state index in [0.717, 1.165) is 37.0 Å². The predicted octanol–water partition coefficient (Wildman–Crippen LogP) is 2.06. The minimum Gasteiger partial charge on any atom is -0.490 e. The van der Waals surface area contributed by atoms with Gasteiger partial charge in [0.05, 0.1) is 6.10 Å². The lowest BCUT2D eigenvalue weighted by atomic mass is 9.90. The number of anilines is 1. The number of hydrogen-bond acceptors (Lipinski definition) is 4. The van der Waals surface area contributed by atoms with Gasteiger partial charge in [0.25, 0.3) is 0 Å². The lowest BCUT2D eigenvalue weighted by Crippen LogP contribution is -2.36. The van der Waals surface area contributed by atoms with Crippen LogP contribution in [-0.4, -0.2) is 40.3 Å². The molecular formula is C14H19N3O3. The Morgan fingerprint density at radius 1 is 1.35 bits per heavy atom. The third-order valence-electron chi connectivity index (χ3n) is 3.94. The van der Waals surface area contributed by atoms with E-state index < -0.39 is 6.09 Å².